The Bertz CT molecular complexity index is 789. The van der Waals surface area contributed by atoms with Gasteiger partial charge in [0.1, 0.15) is 11.8 Å². The number of hydrogen-bond donors (Lipinski definition) is 2. The van der Waals surface area contributed by atoms with Crippen molar-refractivity contribution < 1.29 is 14.3 Å². The van der Waals surface area contributed by atoms with Gasteiger partial charge in [0.15, 0.2) is 0 Å². The number of piperazine rings is 1. The highest BCUT2D eigenvalue weighted by molar-refractivity contribution is 5.96. The lowest BCUT2D eigenvalue weighted by atomic mass is 10.0. The largest absolute Gasteiger partial charge is 0.495 e. The number of imide groups is 1. The number of para-hydroxylation sites is 2. The van der Waals surface area contributed by atoms with Crippen molar-refractivity contribution in [3.05, 3.63) is 60.2 Å². The number of nitrogens with two attached hydrogens (primary N) is 1. The molecule has 3 amide bonds. The van der Waals surface area contributed by atoms with Crippen LogP contribution >= 0.6 is 0 Å². The second-order valence-corrected chi connectivity index (χ2v) is 6.36. The summed E-state index contributed by atoms with van der Waals surface area (Å²) < 4.78 is 5.45. The van der Waals surface area contributed by atoms with E-state index in [0.29, 0.717) is 13.1 Å². The molecule has 7 nitrogen and oxygen atoms in total. The summed E-state index contributed by atoms with van der Waals surface area (Å²) >= 11 is 0. The van der Waals surface area contributed by atoms with E-state index in [1.54, 1.807) is 7.11 Å². The van der Waals surface area contributed by atoms with Gasteiger partial charge < -0.3 is 15.4 Å². The first-order valence-corrected chi connectivity index (χ1v) is 8.87. The minimum Gasteiger partial charge on any atom is -0.495 e. The number of methoxy groups -OCH3 is 1. The Labute approximate surface area is 158 Å². The van der Waals surface area contributed by atoms with Gasteiger partial charge in [-0.3, -0.25) is 15.0 Å². The number of hydrogen-bond acceptors (Lipinski definition) is 5. The lowest BCUT2D eigenvalue weighted by Crippen LogP contribution is -2.52. The molecule has 0 radical (unpaired) electrons. The van der Waals surface area contributed by atoms with E-state index in [-0.39, 0.29) is 0 Å². The Hall–Kier alpha value is -3.06. The van der Waals surface area contributed by atoms with Gasteiger partial charge in [-0.1, -0.05) is 42.5 Å². The lowest BCUT2D eigenvalue weighted by molar-refractivity contribution is -0.125. The summed E-state index contributed by atoms with van der Waals surface area (Å²) in [6, 6.07) is 15.9. The standard InChI is InChI=1S/C20H24N4O3/c1-27-17-10-6-5-9-16(17)23-11-13-24(14-12-23)18(19(25)22-20(21)26)15-7-3-2-4-8-15/h2-10,18H,11-14H2,1H3,(H3,21,22,25,26). The first-order valence-electron chi connectivity index (χ1n) is 8.87. The van der Waals surface area contributed by atoms with E-state index < -0.39 is 18.0 Å². The second kappa shape index (κ2) is 8.55. The van der Waals surface area contributed by atoms with Crippen LogP contribution in [0.5, 0.6) is 5.75 Å². The fourth-order valence-electron chi connectivity index (χ4n) is 3.47. The number of urea groups is 1. The highest BCUT2D eigenvalue weighted by atomic mass is 16.5. The third-order valence-electron chi connectivity index (χ3n) is 4.72. The molecule has 0 spiro atoms. The van der Waals surface area contributed by atoms with Crippen LogP contribution in [0.1, 0.15) is 11.6 Å². The van der Waals surface area contributed by atoms with Crippen LogP contribution in [0.25, 0.3) is 0 Å². The predicted molar refractivity (Wildman–Crippen MR) is 104 cm³/mol. The summed E-state index contributed by atoms with van der Waals surface area (Å²) in [6.07, 6.45) is 0. The number of nitrogens with one attached hydrogen (secondary N) is 1. The molecule has 3 N–H and O–H groups in total. The summed E-state index contributed by atoms with van der Waals surface area (Å²) in [5, 5.41) is 2.22. The molecule has 1 aliphatic rings. The number of primary amides is 1. The molecule has 0 aliphatic carbocycles. The van der Waals surface area contributed by atoms with Crippen LogP contribution in [0, 0.1) is 0 Å². The van der Waals surface area contributed by atoms with Crippen LogP contribution in [0.4, 0.5) is 10.5 Å². The molecule has 1 aliphatic heterocycles. The summed E-state index contributed by atoms with van der Waals surface area (Å²) in [4.78, 5) is 28.1. The molecule has 0 aromatic heterocycles. The normalized spacial score (nSPS) is 15.8. The third-order valence-corrected chi connectivity index (χ3v) is 4.72. The zero-order valence-electron chi connectivity index (χ0n) is 15.3. The van der Waals surface area contributed by atoms with Gasteiger partial charge in [0.05, 0.1) is 12.8 Å². The number of rotatable bonds is 5. The van der Waals surface area contributed by atoms with Gasteiger partial charge in [-0.15, -0.1) is 0 Å². The molecule has 1 heterocycles. The van der Waals surface area contributed by atoms with Crippen LogP contribution in [-0.4, -0.2) is 50.1 Å². The Morgan fingerprint density at radius 2 is 1.63 bits per heavy atom. The van der Waals surface area contributed by atoms with Gasteiger partial charge >= 0.3 is 6.03 Å². The topological polar surface area (TPSA) is 87.9 Å². The number of anilines is 1. The summed E-state index contributed by atoms with van der Waals surface area (Å²) in [7, 11) is 1.66. The zero-order valence-corrected chi connectivity index (χ0v) is 15.3. The first kappa shape index (κ1) is 18.7. The fraction of sp³-hybridized carbons (Fsp3) is 0.300. The molecular weight excluding hydrogens is 344 g/mol. The minimum absolute atomic E-state index is 0.403. The van der Waals surface area contributed by atoms with E-state index in [9.17, 15) is 9.59 Å². The van der Waals surface area contributed by atoms with Crippen molar-refractivity contribution in [1.29, 1.82) is 0 Å². The summed E-state index contributed by atoms with van der Waals surface area (Å²) in [5.74, 6) is 0.427. The van der Waals surface area contributed by atoms with Crippen LogP contribution in [-0.2, 0) is 4.79 Å². The molecule has 7 heteroatoms. The molecule has 1 fully saturated rings. The quantitative estimate of drug-likeness (QED) is 0.840. The van der Waals surface area contributed by atoms with E-state index in [1.165, 1.54) is 0 Å². The predicted octanol–water partition coefficient (Wildman–Crippen LogP) is 1.75. The number of carbonyl (C=O) groups excluding carboxylic acids is 2. The van der Waals surface area contributed by atoms with Crippen LogP contribution < -0.4 is 20.7 Å². The average molecular weight is 368 g/mol. The Kier molecular flexibility index (Phi) is 5.93. The third kappa shape index (κ3) is 4.38. The molecule has 27 heavy (non-hydrogen) atoms. The molecule has 1 atom stereocenters. The molecule has 142 valence electrons. The molecular formula is C20H24N4O3. The maximum Gasteiger partial charge on any atom is 0.318 e. The molecule has 2 aromatic rings. The summed E-state index contributed by atoms with van der Waals surface area (Å²) in [5.41, 5.74) is 7.03. The molecule has 0 saturated carbocycles. The Balaban J connectivity index is 1.76. The second-order valence-electron chi connectivity index (χ2n) is 6.36. The van der Waals surface area contributed by atoms with Crippen molar-refractivity contribution in [2.24, 2.45) is 5.73 Å². The first-order chi connectivity index (χ1) is 13.1. The zero-order chi connectivity index (χ0) is 19.2. The number of amides is 3. The molecule has 1 saturated heterocycles. The molecule has 3 rings (SSSR count). The fourth-order valence-corrected chi connectivity index (χ4v) is 3.47. The van der Waals surface area contributed by atoms with E-state index in [0.717, 1.165) is 30.1 Å². The van der Waals surface area contributed by atoms with E-state index in [4.69, 9.17) is 10.5 Å². The van der Waals surface area contributed by atoms with Gasteiger partial charge in [-0.25, -0.2) is 4.79 Å². The van der Waals surface area contributed by atoms with E-state index in [2.05, 4.69) is 15.1 Å². The van der Waals surface area contributed by atoms with Gasteiger partial charge in [0, 0.05) is 26.2 Å². The smallest absolute Gasteiger partial charge is 0.318 e. The summed E-state index contributed by atoms with van der Waals surface area (Å²) in [6.45, 7) is 2.83. The monoisotopic (exact) mass is 368 g/mol. The van der Waals surface area contributed by atoms with Crippen molar-refractivity contribution >= 4 is 17.6 Å². The number of ether oxygens (including phenoxy) is 1. The SMILES string of the molecule is COc1ccccc1N1CCN(C(C(=O)NC(N)=O)c2ccccc2)CC1. The highest BCUT2D eigenvalue weighted by Crippen LogP contribution is 2.30. The van der Waals surface area contributed by atoms with Gasteiger partial charge in [-0.2, -0.15) is 0 Å². The van der Waals surface area contributed by atoms with Gasteiger partial charge in [0.2, 0.25) is 5.91 Å². The number of benzene rings is 2. The van der Waals surface area contributed by atoms with Crippen molar-refractivity contribution in [3.8, 4) is 5.75 Å². The Morgan fingerprint density at radius 1 is 1.00 bits per heavy atom. The van der Waals surface area contributed by atoms with Crippen molar-refractivity contribution in [2.75, 3.05) is 38.2 Å². The van der Waals surface area contributed by atoms with Crippen molar-refractivity contribution in [1.82, 2.24) is 10.2 Å². The van der Waals surface area contributed by atoms with Gasteiger partial charge in [0.25, 0.3) is 0 Å². The molecule has 1 unspecified atom stereocenters. The van der Waals surface area contributed by atoms with Gasteiger partial charge in [-0.05, 0) is 17.7 Å². The van der Waals surface area contributed by atoms with Crippen molar-refractivity contribution in [3.63, 3.8) is 0 Å². The van der Waals surface area contributed by atoms with E-state index in [1.807, 2.05) is 54.6 Å². The minimum atomic E-state index is -0.839. The van der Waals surface area contributed by atoms with E-state index >= 15 is 0 Å². The lowest BCUT2D eigenvalue weighted by Gasteiger charge is -2.40. The van der Waals surface area contributed by atoms with Crippen LogP contribution in [0.15, 0.2) is 54.6 Å². The van der Waals surface area contributed by atoms with Crippen molar-refractivity contribution in [2.45, 2.75) is 6.04 Å². The average Bonchev–Trinajstić information content (AvgIpc) is 2.69. The maximum absolute atomic E-state index is 12.6. The highest BCUT2D eigenvalue weighted by Gasteiger charge is 2.31. The molecule has 2 aromatic carbocycles. The molecule has 0 bridgehead atoms. The van der Waals surface area contributed by atoms with Crippen LogP contribution in [0.3, 0.4) is 0 Å². The number of nitrogens with zero attached hydrogens (tertiary/aromatic N) is 2. The Morgan fingerprint density at radius 3 is 2.26 bits per heavy atom. The number of carbonyl (C=O) groups is 2. The maximum atomic E-state index is 12.6. The van der Waals surface area contributed by atoms with Crippen LogP contribution in [0.2, 0.25) is 0 Å².